The molecule has 0 saturated carbocycles. The van der Waals surface area contributed by atoms with Crippen molar-refractivity contribution in [1.82, 2.24) is 14.8 Å². The van der Waals surface area contributed by atoms with Gasteiger partial charge in [0.25, 0.3) is 5.91 Å². The summed E-state index contributed by atoms with van der Waals surface area (Å²) < 4.78 is 15.9. The van der Waals surface area contributed by atoms with Crippen LogP contribution in [0.15, 0.2) is 42.6 Å². The van der Waals surface area contributed by atoms with Crippen molar-refractivity contribution in [3.8, 4) is 11.3 Å². The van der Waals surface area contributed by atoms with Crippen LogP contribution in [0.5, 0.6) is 0 Å². The molecule has 1 saturated heterocycles. The third-order valence-electron chi connectivity index (χ3n) is 5.60. The molecule has 9 heteroatoms. The zero-order valence-corrected chi connectivity index (χ0v) is 17.4. The number of piperidine rings is 1. The molecule has 3 heterocycles. The van der Waals surface area contributed by atoms with E-state index in [0.717, 1.165) is 31.7 Å². The van der Waals surface area contributed by atoms with Crippen LogP contribution in [-0.4, -0.2) is 40.3 Å². The maximum atomic E-state index is 14.2. The van der Waals surface area contributed by atoms with Gasteiger partial charge < -0.3 is 21.7 Å². The molecular formula is C22H26FN7O. The van der Waals surface area contributed by atoms with Gasteiger partial charge in [-0.15, -0.1) is 0 Å². The monoisotopic (exact) mass is 423 g/mol. The lowest BCUT2D eigenvalue weighted by atomic mass is 9.98. The first-order valence-electron chi connectivity index (χ1n) is 10.3. The van der Waals surface area contributed by atoms with Crippen molar-refractivity contribution in [1.29, 1.82) is 0 Å². The number of anilines is 3. The van der Waals surface area contributed by atoms with Gasteiger partial charge in [0.15, 0.2) is 11.5 Å². The van der Waals surface area contributed by atoms with Crippen LogP contribution in [0.4, 0.5) is 21.6 Å². The van der Waals surface area contributed by atoms with Gasteiger partial charge >= 0.3 is 0 Å². The van der Waals surface area contributed by atoms with Crippen molar-refractivity contribution in [2.45, 2.75) is 12.8 Å². The number of aromatic nitrogens is 3. The minimum atomic E-state index is -0.475. The number of halogens is 1. The van der Waals surface area contributed by atoms with Crippen molar-refractivity contribution < 1.29 is 9.18 Å². The number of rotatable bonds is 5. The van der Waals surface area contributed by atoms with E-state index in [1.165, 1.54) is 6.07 Å². The van der Waals surface area contributed by atoms with Crippen LogP contribution in [0, 0.1) is 11.7 Å². The number of hydrogen-bond acceptors (Lipinski definition) is 6. The van der Waals surface area contributed by atoms with Crippen LogP contribution in [0.2, 0.25) is 0 Å². The molecule has 3 aromatic rings. The number of aryl methyl sites for hydroxylation is 1. The summed E-state index contributed by atoms with van der Waals surface area (Å²) in [6, 6.07) is 9.43. The Balaban J connectivity index is 1.61. The molecule has 1 amide bonds. The molecule has 0 bridgehead atoms. The zero-order chi connectivity index (χ0) is 22.0. The topological polar surface area (TPSA) is 115 Å². The summed E-state index contributed by atoms with van der Waals surface area (Å²) in [4.78, 5) is 19.6. The van der Waals surface area contributed by atoms with Crippen molar-refractivity contribution in [3.63, 3.8) is 0 Å². The Hall–Kier alpha value is -3.46. The second kappa shape index (κ2) is 8.73. The molecule has 1 atom stereocenters. The fourth-order valence-electron chi connectivity index (χ4n) is 4.00. The Morgan fingerprint density at radius 3 is 2.87 bits per heavy atom. The maximum absolute atomic E-state index is 14.2. The molecule has 1 aromatic carbocycles. The van der Waals surface area contributed by atoms with E-state index in [9.17, 15) is 9.18 Å². The zero-order valence-electron chi connectivity index (χ0n) is 17.4. The van der Waals surface area contributed by atoms with Crippen molar-refractivity contribution in [3.05, 3.63) is 54.1 Å². The van der Waals surface area contributed by atoms with E-state index < -0.39 is 11.7 Å². The number of benzene rings is 1. The highest BCUT2D eigenvalue weighted by molar-refractivity contribution is 6.07. The van der Waals surface area contributed by atoms with Crippen LogP contribution < -0.4 is 21.7 Å². The second-order valence-electron chi connectivity index (χ2n) is 7.76. The lowest BCUT2D eigenvalue weighted by Gasteiger charge is -2.34. The average Bonchev–Trinajstić information content (AvgIpc) is 3.14. The SMILES string of the molecule is Cn1ncc(NC(=O)c2nc(-c3ccccc3F)ccc2N)c1N1CCCC(CN)C1. The third kappa shape index (κ3) is 4.22. The molecule has 2 aromatic heterocycles. The van der Waals surface area contributed by atoms with Gasteiger partial charge in [0.05, 0.1) is 17.6 Å². The van der Waals surface area contributed by atoms with E-state index in [1.807, 2.05) is 7.05 Å². The standard InChI is InChI=1S/C22H26FN7O/c1-29-22(30-10-4-5-14(11-24)13-30)19(12-26-29)28-21(31)20-17(25)8-9-18(27-20)15-6-2-3-7-16(15)23/h2-3,6-9,12,14H,4-5,10-11,13,24-25H2,1H3,(H,28,31). The summed E-state index contributed by atoms with van der Waals surface area (Å²) in [7, 11) is 1.84. The van der Waals surface area contributed by atoms with Gasteiger partial charge in [0.1, 0.15) is 11.5 Å². The number of carbonyl (C=O) groups is 1. The molecular weight excluding hydrogens is 397 g/mol. The Labute approximate surface area is 180 Å². The molecule has 1 aliphatic heterocycles. The molecule has 1 aliphatic rings. The van der Waals surface area contributed by atoms with Crippen molar-refractivity contribution in [2.24, 2.45) is 18.7 Å². The molecule has 0 aliphatic carbocycles. The van der Waals surface area contributed by atoms with Gasteiger partial charge in [-0.1, -0.05) is 12.1 Å². The summed E-state index contributed by atoms with van der Waals surface area (Å²) >= 11 is 0. The molecule has 8 nitrogen and oxygen atoms in total. The van der Waals surface area contributed by atoms with E-state index in [0.29, 0.717) is 29.4 Å². The third-order valence-corrected chi connectivity index (χ3v) is 5.60. The largest absolute Gasteiger partial charge is 0.397 e. The van der Waals surface area contributed by atoms with Crippen LogP contribution in [-0.2, 0) is 7.05 Å². The molecule has 4 rings (SSSR count). The first-order chi connectivity index (χ1) is 15.0. The summed E-state index contributed by atoms with van der Waals surface area (Å²) in [6.45, 7) is 2.30. The Bertz CT molecular complexity index is 1100. The maximum Gasteiger partial charge on any atom is 0.276 e. The van der Waals surface area contributed by atoms with E-state index in [-0.39, 0.29) is 11.4 Å². The van der Waals surface area contributed by atoms with Crippen LogP contribution in [0.1, 0.15) is 23.3 Å². The molecule has 1 fully saturated rings. The van der Waals surface area contributed by atoms with E-state index in [2.05, 4.69) is 20.3 Å². The molecule has 0 spiro atoms. The average molecular weight is 423 g/mol. The fraction of sp³-hybridized carbons (Fsp3) is 0.318. The Morgan fingerprint density at radius 1 is 1.29 bits per heavy atom. The number of hydrogen-bond donors (Lipinski definition) is 3. The Morgan fingerprint density at radius 2 is 2.10 bits per heavy atom. The number of nitrogens with zero attached hydrogens (tertiary/aromatic N) is 4. The molecule has 162 valence electrons. The predicted molar refractivity (Wildman–Crippen MR) is 119 cm³/mol. The number of nitrogens with one attached hydrogen (secondary N) is 1. The van der Waals surface area contributed by atoms with Gasteiger partial charge in [-0.25, -0.2) is 9.37 Å². The normalized spacial score (nSPS) is 16.4. The lowest BCUT2D eigenvalue weighted by molar-refractivity contribution is 0.102. The molecule has 5 N–H and O–H groups in total. The number of nitrogens with two attached hydrogens (primary N) is 2. The second-order valence-corrected chi connectivity index (χ2v) is 7.76. The number of pyridine rings is 1. The lowest BCUT2D eigenvalue weighted by Crippen LogP contribution is -2.39. The number of nitrogen functional groups attached to an aromatic ring is 1. The summed E-state index contributed by atoms with van der Waals surface area (Å²) in [5, 5.41) is 7.20. The van der Waals surface area contributed by atoms with Crippen molar-refractivity contribution in [2.75, 3.05) is 35.6 Å². The fourth-order valence-corrected chi connectivity index (χ4v) is 4.00. The van der Waals surface area contributed by atoms with Crippen LogP contribution >= 0.6 is 0 Å². The predicted octanol–water partition coefficient (Wildman–Crippen LogP) is 2.63. The Kier molecular flexibility index (Phi) is 5.85. The molecule has 31 heavy (non-hydrogen) atoms. The molecule has 1 unspecified atom stereocenters. The van der Waals surface area contributed by atoms with Gasteiger partial charge in [-0.05, 0) is 49.6 Å². The van der Waals surface area contributed by atoms with Crippen molar-refractivity contribution >= 4 is 23.1 Å². The highest BCUT2D eigenvalue weighted by Gasteiger charge is 2.25. The van der Waals surface area contributed by atoms with Crippen LogP contribution in [0.3, 0.4) is 0 Å². The van der Waals surface area contributed by atoms with Gasteiger partial charge in [0.2, 0.25) is 0 Å². The van der Waals surface area contributed by atoms with Gasteiger partial charge in [-0.2, -0.15) is 5.10 Å². The number of amides is 1. The highest BCUT2D eigenvalue weighted by atomic mass is 19.1. The minimum Gasteiger partial charge on any atom is -0.397 e. The first-order valence-corrected chi connectivity index (χ1v) is 10.3. The smallest absolute Gasteiger partial charge is 0.276 e. The summed E-state index contributed by atoms with van der Waals surface area (Å²) in [5.74, 6) is 0.329. The first kappa shape index (κ1) is 20.8. The van der Waals surface area contributed by atoms with Gasteiger partial charge in [-0.3, -0.25) is 9.48 Å². The quantitative estimate of drug-likeness (QED) is 0.581. The summed E-state index contributed by atoms with van der Waals surface area (Å²) in [5.41, 5.74) is 13.4. The minimum absolute atomic E-state index is 0.0361. The van der Waals surface area contributed by atoms with E-state index in [1.54, 1.807) is 41.2 Å². The molecule has 0 radical (unpaired) electrons. The van der Waals surface area contributed by atoms with Crippen LogP contribution in [0.25, 0.3) is 11.3 Å². The van der Waals surface area contributed by atoms with E-state index >= 15 is 0 Å². The van der Waals surface area contributed by atoms with Gasteiger partial charge in [0, 0.05) is 25.7 Å². The number of carbonyl (C=O) groups excluding carboxylic acids is 1. The summed E-state index contributed by atoms with van der Waals surface area (Å²) in [6.07, 6.45) is 3.73. The van der Waals surface area contributed by atoms with E-state index in [4.69, 9.17) is 11.5 Å². The highest BCUT2D eigenvalue weighted by Crippen LogP contribution is 2.30.